The normalized spacial score (nSPS) is 14.0. The van der Waals surface area contributed by atoms with E-state index in [1.54, 1.807) is 19.0 Å². The van der Waals surface area contributed by atoms with Crippen LogP contribution in [0.1, 0.15) is 93.4 Å². The number of aryl methyl sites for hydroxylation is 2. The van der Waals surface area contributed by atoms with Gasteiger partial charge in [0.1, 0.15) is 18.0 Å². The summed E-state index contributed by atoms with van der Waals surface area (Å²) in [6.45, 7) is 16.9. The fourth-order valence-corrected chi connectivity index (χ4v) is 4.83. The third kappa shape index (κ3) is 5.33. The van der Waals surface area contributed by atoms with E-state index in [2.05, 4.69) is 45.0 Å². The van der Waals surface area contributed by atoms with Gasteiger partial charge in [0.15, 0.2) is 0 Å². The average Bonchev–Trinajstić information content (AvgIpc) is 2.78. The maximum absolute atomic E-state index is 12.5. The first kappa shape index (κ1) is 27.9. The lowest BCUT2D eigenvalue weighted by Gasteiger charge is -2.39. The minimum absolute atomic E-state index is 0.0299. The van der Waals surface area contributed by atoms with Gasteiger partial charge in [0.25, 0.3) is 5.91 Å². The van der Waals surface area contributed by atoms with E-state index < -0.39 is 5.60 Å². The van der Waals surface area contributed by atoms with Gasteiger partial charge in [-0.1, -0.05) is 65.8 Å². The Morgan fingerprint density at radius 1 is 0.882 bits per heavy atom. The maximum Gasteiger partial charge on any atom is 0.253 e. The molecule has 0 radical (unpaired) electrons. The van der Waals surface area contributed by atoms with Crippen molar-refractivity contribution in [2.24, 2.45) is 5.41 Å². The lowest BCUT2D eigenvalue weighted by molar-refractivity contribution is -0.0902. The van der Waals surface area contributed by atoms with E-state index in [0.717, 1.165) is 35.3 Å². The molecule has 0 bridgehead atoms. The molecular formula is C30H45NO3. The maximum atomic E-state index is 12.5. The fraction of sp³-hybridized carbons (Fsp3) is 0.567. The van der Waals surface area contributed by atoms with Crippen molar-refractivity contribution in [2.75, 3.05) is 20.7 Å². The monoisotopic (exact) mass is 467 g/mol. The molecule has 1 atom stereocenters. The largest absolute Gasteiger partial charge is 0.490 e. The van der Waals surface area contributed by atoms with Crippen LogP contribution in [0.15, 0.2) is 36.4 Å². The number of ether oxygens (including phenoxy) is 1. The van der Waals surface area contributed by atoms with Crippen molar-refractivity contribution < 1.29 is 14.6 Å². The molecule has 0 fully saturated rings. The summed E-state index contributed by atoms with van der Waals surface area (Å²) in [7, 11) is 3.57. The van der Waals surface area contributed by atoms with Crippen LogP contribution in [-0.2, 0) is 5.41 Å². The summed E-state index contributed by atoms with van der Waals surface area (Å²) in [5.74, 6) is 0.839. The summed E-state index contributed by atoms with van der Waals surface area (Å²) in [6.07, 6.45) is 2.53. The summed E-state index contributed by atoms with van der Waals surface area (Å²) >= 11 is 0. The van der Waals surface area contributed by atoms with Gasteiger partial charge in [-0.25, -0.2) is 0 Å². The lowest BCUT2D eigenvalue weighted by Crippen LogP contribution is -2.47. The Bertz CT molecular complexity index is 999. The molecule has 188 valence electrons. The molecule has 34 heavy (non-hydrogen) atoms. The number of hydrogen-bond acceptors (Lipinski definition) is 3. The predicted molar refractivity (Wildman–Crippen MR) is 142 cm³/mol. The molecule has 1 N–H and O–H groups in total. The second kappa shape index (κ2) is 10.5. The molecule has 0 heterocycles. The third-order valence-corrected chi connectivity index (χ3v) is 7.80. The zero-order chi connectivity index (χ0) is 25.9. The van der Waals surface area contributed by atoms with Crippen LogP contribution in [0.4, 0.5) is 0 Å². The van der Waals surface area contributed by atoms with Crippen molar-refractivity contribution in [3.63, 3.8) is 0 Å². The van der Waals surface area contributed by atoms with E-state index in [1.165, 1.54) is 11.1 Å². The molecule has 2 aromatic rings. The van der Waals surface area contributed by atoms with Gasteiger partial charge in [0, 0.05) is 25.1 Å². The van der Waals surface area contributed by atoms with Crippen LogP contribution in [0.2, 0.25) is 0 Å². The van der Waals surface area contributed by atoms with Crippen LogP contribution in [0.25, 0.3) is 0 Å². The van der Waals surface area contributed by atoms with Gasteiger partial charge < -0.3 is 14.7 Å². The van der Waals surface area contributed by atoms with E-state index in [0.29, 0.717) is 6.42 Å². The summed E-state index contributed by atoms with van der Waals surface area (Å²) in [5, 5.41) is 11.1. The molecule has 0 aliphatic heterocycles. The minimum atomic E-state index is -0.891. The van der Waals surface area contributed by atoms with E-state index in [1.807, 2.05) is 46.8 Å². The summed E-state index contributed by atoms with van der Waals surface area (Å²) in [4.78, 5) is 14.1. The van der Waals surface area contributed by atoms with Gasteiger partial charge in [-0.3, -0.25) is 4.79 Å². The Morgan fingerprint density at radius 3 is 1.82 bits per heavy atom. The van der Waals surface area contributed by atoms with Crippen molar-refractivity contribution in [1.29, 1.82) is 0 Å². The molecule has 4 nitrogen and oxygen atoms in total. The number of carbonyl (C=O) groups is 1. The molecule has 0 saturated carbocycles. The smallest absolute Gasteiger partial charge is 0.253 e. The third-order valence-electron chi connectivity index (χ3n) is 7.80. The number of aliphatic hydroxyl groups is 1. The predicted octanol–water partition coefficient (Wildman–Crippen LogP) is 6.68. The Kier molecular flexibility index (Phi) is 8.63. The van der Waals surface area contributed by atoms with Crippen LogP contribution in [0.5, 0.6) is 5.75 Å². The molecule has 1 amide bonds. The molecule has 0 saturated heterocycles. The number of carbonyl (C=O) groups excluding carboxylic acids is 1. The average molecular weight is 468 g/mol. The second-order valence-electron chi connectivity index (χ2n) is 10.9. The summed E-state index contributed by atoms with van der Waals surface area (Å²) in [5.41, 5.74) is 3.97. The first-order chi connectivity index (χ1) is 15.8. The molecule has 2 rings (SSSR count). The summed E-state index contributed by atoms with van der Waals surface area (Å²) in [6, 6.07) is 12.7. The van der Waals surface area contributed by atoms with E-state index >= 15 is 0 Å². The van der Waals surface area contributed by atoms with Crippen LogP contribution >= 0.6 is 0 Å². The van der Waals surface area contributed by atoms with Gasteiger partial charge >= 0.3 is 0 Å². The van der Waals surface area contributed by atoms with E-state index in [4.69, 9.17) is 4.74 Å². The number of hydrogen-bond donors (Lipinski definition) is 1. The van der Waals surface area contributed by atoms with Crippen molar-refractivity contribution >= 4 is 5.91 Å². The zero-order valence-corrected chi connectivity index (χ0v) is 23.0. The fourth-order valence-electron chi connectivity index (χ4n) is 4.83. The Hall–Kier alpha value is -2.33. The van der Waals surface area contributed by atoms with Gasteiger partial charge in [0.2, 0.25) is 0 Å². The van der Waals surface area contributed by atoms with Crippen LogP contribution in [0.3, 0.4) is 0 Å². The number of benzene rings is 2. The van der Waals surface area contributed by atoms with Crippen molar-refractivity contribution in [2.45, 2.75) is 85.7 Å². The molecule has 0 spiro atoms. The van der Waals surface area contributed by atoms with Crippen LogP contribution < -0.4 is 4.74 Å². The topological polar surface area (TPSA) is 49.8 Å². The number of amides is 1. The van der Waals surface area contributed by atoms with Crippen molar-refractivity contribution in [3.8, 4) is 5.75 Å². The Labute approximate surface area is 207 Å². The van der Waals surface area contributed by atoms with E-state index in [-0.39, 0.29) is 23.3 Å². The number of nitrogens with zero attached hydrogens (tertiary/aromatic N) is 1. The van der Waals surface area contributed by atoms with Gasteiger partial charge in [-0.05, 0) is 72.9 Å². The zero-order valence-electron chi connectivity index (χ0n) is 23.0. The molecule has 0 aliphatic rings. The Balaban J connectivity index is 2.43. The summed E-state index contributed by atoms with van der Waals surface area (Å²) < 4.78 is 6.15. The quantitative estimate of drug-likeness (QED) is 0.448. The van der Waals surface area contributed by atoms with Crippen molar-refractivity contribution in [1.82, 2.24) is 4.90 Å². The molecule has 2 aromatic carbocycles. The second-order valence-corrected chi connectivity index (χ2v) is 10.9. The highest BCUT2D eigenvalue weighted by molar-refractivity contribution is 5.95. The minimum Gasteiger partial charge on any atom is -0.490 e. The van der Waals surface area contributed by atoms with Gasteiger partial charge in [-0.15, -0.1) is 0 Å². The standard InChI is InChI=1S/C30H45NO3/c1-11-29(12-2,23-14-16-25(21(4)18-23)27(32)31(9)10)24-15-17-26(22(5)19-24)34-20-30(33,13-3)28(6,7)8/h14-19,33H,11-13,20H2,1-10H3. The SMILES string of the molecule is CCC(CC)(c1ccc(OCC(O)(CC)C(C)(C)C)c(C)c1)c1ccc(C(=O)N(C)C)c(C)c1. The van der Waals surface area contributed by atoms with Crippen LogP contribution in [-0.4, -0.2) is 42.2 Å². The molecule has 1 unspecified atom stereocenters. The molecule has 0 aromatic heterocycles. The van der Waals surface area contributed by atoms with Crippen molar-refractivity contribution in [3.05, 3.63) is 64.2 Å². The van der Waals surface area contributed by atoms with Gasteiger partial charge in [0.05, 0.1) is 0 Å². The lowest BCUT2D eigenvalue weighted by atomic mass is 9.70. The van der Waals surface area contributed by atoms with E-state index in [9.17, 15) is 9.90 Å². The number of rotatable bonds is 9. The molecule has 4 heteroatoms. The first-order valence-corrected chi connectivity index (χ1v) is 12.6. The highest BCUT2D eigenvalue weighted by Crippen LogP contribution is 2.41. The highest BCUT2D eigenvalue weighted by Gasteiger charge is 2.39. The highest BCUT2D eigenvalue weighted by atomic mass is 16.5. The van der Waals surface area contributed by atoms with Crippen LogP contribution in [0, 0.1) is 19.3 Å². The molecular weight excluding hydrogens is 422 g/mol. The Morgan fingerprint density at radius 2 is 1.41 bits per heavy atom. The van der Waals surface area contributed by atoms with Gasteiger partial charge in [-0.2, -0.15) is 0 Å². The first-order valence-electron chi connectivity index (χ1n) is 12.6. The molecule has 0 aliphatic carbocycles.